The van der Waals surface area contributed by atoms with Crippen LogP contribution in [0, 0.1) is 22.7 Å². The molecule has 0 unspecified atom stereocenters. The second-order valence-corrected chi connectivity index (χ2v) is 18.8. The molecule has 2 saturated carbocycles. The molecule has 4 aliphatic carbocycles. The Morgan fingerprint density at radius 1 is 0.533 bits per heavy atom. The molecule has 0 heterocycles. The van der Waals surface area contributed by atoms with Crippen LogP contribution in [0.15, 0.2) is 24.3 Å². The van der Waals surface area contributed by atoms with Crippen LogP contribution in [0.3, 0.4) is 0 Å². The van der Waals surface area contributed by atoms with E-state index in [0.29, 0.717) is 22.3 Å². The maximum absolute atomic E-state index is 11.4. The largest absolute Gasteiger partial charge is 0.504 e. The molecule has 0 amide bonds. The zero-order valence-corrected chi connectivity index (χ0v) is 29.9. The van der Waals surface area contributed by atoms with E-state index in [-0.39, 0.29) is 40.0 Å². The van der Waals surface area contributed by atoms with Gasteiger partial charge in [-0.05, 0) is 144 Å². The normalized spacial score (nSPS) is 30.6. The Morgan fingerprint density at radius 2 is 0.867 bits per heavy atom. The SMILES string of the molecule is CC1(C)CC2(CC(C)(C)c3cc(OC4CCC(C(C)(C)C)CC4)c(O)cc32)c2cc(O)c(OC3CCC(C(C)(C)C)CC3)cc21. The van der Waals surface area contributed by atoms with Gasteiger partial charge in [0.05, 0.1) is 12.2 Å². The van der Waals surface area contributed by atoms with Crippen LogP contribution in [0.5, 0.6) is 23.0 Å². The molecule has 0 aliphatic heterocycles. The molecular formula is C41H60O4. The van der Waals surface area contributed by atoms with Crippen LogP contribution >= 0.6 is 0 Å². The van der Waals surface area contributed by atoms with Crippen molar-refractivity contribution in [3.05, 3.63) is 46.5 Å². The Labute approximate surface area is 273 Å². The number of phenols is 2. The minimum absolute atomic E-state index is 0.0980. The molecule has 6 rings (SSSR count). The number of hydrogen-bond acceptors (Lipinski definition) is 4. The third kappa shape index (κ3) is 5.86. The maximum atomic E-state index is 11.4. The van der Waals surface area contributed by atoms with E-state index in [1.165, 1.54) is 47.9 Å². The molecule has 0 radical (unpaired) electrons. The van der Waals surface area contributed by atoms with E-state index < -0.39 is 0 Å². The average molecular weight is 617 g/mol. The third-order valence-corrected chi connectivity index (χ3v) is 12.6. The lowest BCUT2D eigenvalue weighted by atomic mass is 9.72. The molecule has 0 saturated heterocycles. The summed E-state index contributed by atoms with van der Waals surface area (Å²) in [5.41, 5.74) is 5.09. The van der Waals surface area contributed by atoms with Gasteiger partial charge in [-0.15, -0.1) is 0 Å². The lowest BCUT2D eigenvalue weighted by molar-refractivity contribution is 0.0859. The van der Waals surface area contributed by atoms with Gasteiger partial charge in [-0.25, -0.2) is 0 Å². The predicted octanol–water partition coefficient (Wildman–Crippen LogP) is 10.7. The molecule has 45 heavy (non-hydrogen) atoms. The molecular weight excluding hydrogens is 556 g/mol. The lowest BCUT2D eigenvalue weighted by Crippen LogP contribution is -2.30. The fourth-order valence-electron chi connectivity index (χ4n) is 9.98. The molecule has 0 atom stereocenters. The van der Waals surface area contributed by atoms with Gasteiger partial charge in [0.2, 0.25) is 0 Å². The molecule has 4 heteroatoms. The number of fused-ring (bicyclic) bond motifs is 4. The van der Waals surface area contributed by atoms with E-state index in [1.54, 1.807) is 0 Å². The van der Waals surface area contributed by atoms with Crippen molar-refractivity contribution in [2.24, 2.45) is 22.7 Å². The summed E-state index contributed by atoms with van der Waals surface area (Å²) in [4.78, 5) is 0. The number of hydrogen-bond donors (Lipinski definition) is 2. The Hall–Kier alpha value is -2.36. The zero-order chi connectivity index (χ0) is 32.7. The Morgan fingerprint density at radius 3 is 1.18 bits per heavy atom. The number of benzene rings is 2. The zero-order valence-electron chi connectivity index (χ0n) is 29.9. The van der Waals surface area contributed by atoms with Crippen molar-refractivity contribution >= 4 is 0 Å². The number of aromatic hydroxyl groups is 2. The Kier molecular flexibility index (Phi) is 7.85. The van der Waals surface area contributed by atoms with Gasteiger partial charge in [-0.1, -0.05) is 69.2 Å². The van der Waals surface area contributed by atoms with Gasteiger partial charge < -0.3 is 19.7 Å². The van der Waals surface area contributed by atoms with Crippen molar-refractivity contribution < 1.29 is 19.7 Å². The van der Waals surface area contributed by atoms with Crippen LogP contribution in [-0.2, 0) is 16.2 Å². The lowest BCUT2D eigenvalue weighted by Gasteiger charge is -2.37. The standard InChI is InChI=1S/C41H60O4/c1-37(2,3)25-11-15-27(16-12-25)44-35-21-29-31(19-33(35)42)41(23-39(29,7)8)24-40(9,10)30-22-36(34(43)20-32(30)41)45-28-17-13-26(14-18-28)38(4,5)6/h19-22,25-28,42-43H,11-18,23-24H2,1-10H3. The highest BCUT2D eigenvalue weighted by atomic mass is 16.5. The highest BCUT2D eigenvalue weighted by Gasteiger charge is 2.57. The Balaban J connectivity index is 1.28. The van der Waals surface area contributed by atoms with Crippen LogP contribution in [-0.4, -0.2) is 22.4 Å². The van der Waals surface area contributed by atoms with Gasteiger partial charge in [-0.2, -0.15) is 0 Å². The summed E-state index contributed by atoms with van der Waals surface area (Å²) in [7, 11) is 0. The first-order valence-corrected chi connectivity index (χ1v) is 17.9. The van der Waals surface area contributed by atoms with Crippen LogP contribution in [0.25, 0.3) is 0 Å². The third-order valence-electron chi connectivity index (χ3n) is 12.6. The highest BCUT2D eigenvalue weighted by Crippen LogP contribution is 2.65. The van der Waals surface area contributed by atoms with Crippen molar-refractivity contribution in [3.8, 4) is 23.0 Å². The van der Waals surface area contributed by atoms with E-state index in [1.807, 2.05) is 12.1 Å². The molecule has 1 spiro atoms. The molecule has 2 aromatic rings. The molecule has 0 aromatic heterocycles. The first kappa shape index (κ1) is 32.6. The molecule has 248 valence electrons. The summed E-state index contributed by atoms with van der Waals surface area (Å²) in [6.45, 7) is 23.4. The van der Waals surface area contributed by atoms with Crippen molar-refractivity contribution in [1.29, 1.82) is 0 Å². The van der Waals surface area contributed by atoms with E-state index in [4.69, 9.17) is 9.47 Å². The summed E-state index contributed by atoms with van der Waals surface area (Å²) in [6, 6.07) is 8.29. The monoisotopic (exact) mass is 616 g/mol. The summed E-state index contributed by atoms with van der Waals surface area (Å²) < 4.78 is 13.1. The van der Waals surface area contributed by atoms with E-state index in [2.05, 4.69) is 81.4 Å². The molecule has 2 aromatic carbocycles. The Bertz CT molecular complexity index is 1310. The quantitative estimate of drug-likeness (QED) is 0.359. The van der Waals surface area contributed by atoms with Crippen molar-refractivity contribution in [2.75, 3.05) is 0 Å². The summed E-state index contributed by atoms with van der Waals surface area (Å²) in [5, 5.41) is 22.9. The molecule has 2 fully saturated rings. The van der Waals surface area contributed by atoms with Crippen LogP contribution in [0.1, 0.15) is 156 Å². The topological polar surface area (TPSA) is 58.9 Å². The highest BCUT2D eigenvalue weighted by molar-refractivity contribution is 5.65. The van der Waals surface area contributed by atoms with Crippen molar-refractivity contribution in [1.82, 2.24) is 0 Å². The molecule has 4 aliphatic rings. The van der Waals surface area contributed by atoms with Gasteiger partial charge in [-0.3, -0.25) is 0 Å². The molecule has 0 bridgehead atoms. The predicted molar refractivity (Wildman–Crippen MR) is 184 cm³/mol. The number of phenolic OH excluding ortho intramolecular Hbond substituents is 2. The first-order chi connectivity index (χ1) is 20.8. The van der Waals surface area contributed by atoms with E-state index in [0.717, 1.165) is 50.4 Å². The van der Waals surface area contributed by atoms with Crippen LogP contribution in [0.2, 0.25) is 0 Å². The minimum atomic E-state index is -0.279. The second-order valence-electron chi connectivity index (χ2n) is 18.8. The van der Waals surface area contributed by atoms with Gasteiger partial charge in [0, 0.05) is 5.41 Å². The maximum Gasteiger partial charge on any atom is 0.161 e. The second kappa shape index (κ2) is 10.8. The van der Waals surface area contributed by atoms with Gasteiger partial charge in [0.1, 0.15) is 0 Å². The molecule has 4 nitrogen and oxygen atoms in total. The van der Waals surface area contributed by atoms with E-state index >= 15 is 0 Å². The number of rotatable bonds is 4. The van der Waals surface area contributed by atoms with Gasteiger partial charge in [0.15, 0.2) is 23.0 Å². The summed E-state index contributed by atoms with van der Waals surface area (Å²) in [5.74, 6) is 3.18. The van der Waals surface area contributed by atoms with Gasteiger partial charge in [0.25, 0.3) is 0 Å². The summed E-state index contributed by atoms with van der Waals surface area (Å²) >= 11 is 0. The summed E-state index contributed by atoms with van der Waals surface area (Å²) in [6.07, 6.45) is 11.0. The van der Waals surface area contributed by atoms with Crippen molar-refractivity contribution in [2.45, 2.75) is 162 Å². The van der Waals surface area contributed by atoms with Crippen LogP contribution < -0.4 is 9.47 Å². The minimum Gasteiger partial charge on any atom is -0.504 e. The molecule has 2 N–H and O–H groups in total. The van der Waals surface area contributed by atoms with Crippen molar-refractivity contribution in [3.63, 3.8) is 0 Å². The fourth-order valence-corrected chi connectivity index (χ4v) is 9.98. The van der Waals surface area contributed by atoms with E-state index in [9.17, 15) is 10.2 Å². The fraction of sp³-hybridized carbons (Fsp3) is 0.707. The van der Waals surface area contributed by atoms with Gasteiger partial charge >= 0.3 is 0 Å². The smallest absolute Gasteiger partial charge is 0.161 e. The number of ether oxygens (including phenoxy) is 2. The van der Waals surface area contributed by atoms with Crippen LogP contribution in [0.4, 0.5) is 0 Å². The first-order valence-electron chi connectivity index (χ1n) is 17.9. The average Bonchev–Trinajstić information content (AvgIpc) is 3.27.